The lowest BCUT2D eigenvalue weighted by Crippen LogP contribution is -2.45. The van der Waals surface area contributed by atoms with Gasteiger partial charge in [-0.15, -0.1) is 0 Å². The van der Waals surface area contributed by atoms with Crippen LogP contribution in [0.15, 0.2) is 30.3 Å². The summed E-state index contributed by atoms with van der Waals surface area (Å²) in [4.78, 5) is 15.5. The Morgan fingerprint density at radius 2 is 2.00 bits per heavy atom. The highest BCUT2D eigenvalue weighted by Gasteiger charge is 2.47. The molecule has 2 heterocycles. The van der Waals surface area contributed by atoms with Crippen LogP contribution in [-0.2, 0) is 16.6 Å². The predicted octanol–water partition coefficient (Wildman–Crippen LogP) is 2.60. The maximum atomic E-state index is 13.6. The predicted molar refractivity (Wildman–Crippen MR) is 106 cm³/mol. The van der Waals surface area contributed by atoms with Crippen molar-refractivity contribution >= 4 is 5.91 Å². The Kier molecular flexibility index (Phi) is 5.15. The minimum Gasteiger partial charge on any atom is -0.497 e. The van der Waals surface area contributed by atoms with E-state index in [-0.39, 0.29) is 11.8 Å². The zero-order valence-electron chi connectivity index (χ0n) is 16.6. The molecule has 1 saturated carbocycles. The number of ether oxygens (including phenoxy) is 1. The number of hydrogen-bond donors (Lipinski definition) is 2. The average Bonchev–Trinajstić information content (AvgIpc) is 3.43. The lowest BCUT2D eigenvalue weighted by atomic mass is 9.77. The molecule has 150 valence electrons. The lowest BCUT2D eigenvalue weighted by Gasteiger charge is -2.33. The van der Waals surface area contributed by atoms with Gasteiger partial charge in [-0.2, -0.15) is 5.10 Å². The van der Waals surface area contributed by atoms with E-state index >= 15 is 0 Å². The van der Waals surface area contributed by atoms with Crippen molar-refractivity contribution in [2.24, 2.45) is 5.92 Å². The van der Waals surface area contributed by atoms with Crippen LogP contribution in [0.4, 0.5) is 0 Å². The van der Waals surface area contributed by atoms with Crippen molar-refractivity contribution in [2.75, 3.05) is 20.2 Å². The number of carbonyl (C=O) groups is 1. The highest BCUT2D eigenvalue weighted by molar-refractivity contribution is 5.89. The van der Waals surface area contributed by atoms with Gasteiger partial charge in [0.05, 0.1) is 24.3 Å². The first kappa shape index (κ1) is 19.0. The Labute approximate surface area is 165 Å². The van der Waals surface area contributed by atoms with Gasteiger partial charge in [0.25, 0.3) is 0 Å². The van der Waals surface area contributed by atoms with Crippen molar-refractivity contribution in [3.05, 3.63) is 47.3 Å². The van der Waals surface area contributed by atoms with Crippen LogP contribution in [-0.4, -0.2) is 52.4 Å². The van der Waals surface area contributed by atoms with E-state index in [1.165, 1.54) is 0 Å². The fourth-order valence-electron chi connectivity index (χ4n) is 4.89. The standard InChI is InChI=1S/C22H29N3O3/c1-15-11-18(24-23-15)12-16-13-25(14-20(16)26)21(27)22(9-3-4-10-22)17-5-7-19(28-2)8-6-17/h5-8,11,16,20,26H,3-4,9-10,12-14H2,1-2H3,(H,23,24)/t16-,20-/m1/s1. The van der Waals surface area contributed by atoms with Gasteiger partial charge in [0.15, 0.2) is 0 Å². The number of aromatic nitrogens is 2. The summed E-state index contributed by atoms with van der Waals surface area (Å²) in [6.45, 7) is 2.96. The van der Waals surface area contributed by atoms with Crippen molar-refractivity contribution in [3.63, 3.8) is 0 Å². The first-order valence-corrected chi connectivity index (χ1v) is 10.1. The van der Waals surface area contributed by atoms with E-state index in [1.54, 1.807) is 7.11 Å². The van der Waals surface area contributed by atoms with Crippen LogP contribution in [0.2, 0.25) is 0 Å². The number of H-pyrrole nitrogens is 1. The fourth-order valence-corrected chi connectivity index (χ4v) is 4.89. The molecule has 2 fully saturated rings. The van der Waals surface area contributed by atoms with Crippen molar-refractivity contribution in [1.82, 2.24) is 15.1 Å². The van der Waals surface area contributed by atoms with Crippen LogP contribution >= 0.6 is 0 Å². The number of methoxy groups -OCH3 is 1. The number of rotatable bonds is 5. The number of nitrogens with one attached hydrogen (secondary N) is 1. The molecule has 6 nitrogen and oxygen atoms in total. The van der Waals surface area contributed by atoms with E-state index in [0.29, 0.717) is 19.5 Å². The van der Waals surface area contributed by atoms with Crippen LogP contribution in [0.1, 0.15) is 42.6 Å². The summed E-state index contributed by atoms with van der Waals surface area (Å²) in [5.41, 5.74) is 2.56. The summed E-state index contributed by atoms with van der Waals surface area (Å²) in [5, 5.41) is 17.8. The fraction of sp³-hybridized carbons (Fsp3) is 0.545. The van der Waals surface area contributed by atoms with Crippen molar-refractivity contribution in [2.45, 2.75) is 50.5 Å². The number of hydrogen-bond acceptors (Lipinski definition) is 4. The summed E-state index contributed by atoms with van der Waals surface area (Å²) in [5.74, 6) is 0.992. The minimum absolute atomic E-state index is 0.0287. The first-order chi connectivity index (χ1) is 13.5. The van der Waals surface area contributed by atoms with Crippen LogP contribution < -0.4 is 4.74 Å². The lowest BCUT2D eigenvalue weighted by molar-refractivity contribution is -0.136. The molecule has 6 heteroatoms. The van der Waals surface area contributed by atoms with Crippen LogP contribution in [0.5, 0.6) is 5.75 Å². The van der Waals surface area contributed by atoms with Gasteiger partial charge in [-0.25, -0.2) is 0 Å². The van der Waals surface area contributed by atoms with E-state index in [9.17, 15) is 9.90 Å². The Morgan fingerprint density at radius 3 is 2.61 bits per heavy atom. The molecule has 4 rings (SSSR count). The van der Waals surface area contributed by atoms with Gasteiger partial charge < -0.3 is 14.7 Å². The summed E-state index contributed by atoms with van der Waals surface area (Å²) in [6.07, 6.45) is 4.04. The molecule has 1 aliphatic heterocycles. The van der Waals surface area contributed by atoms with Crippen molar-refractivity contribution < 1.29 is 14.6 Å². The molecule has 0 unspecified atom stereocenters. The quantitative estimate of drug-likeness (QED) is 0.832. The Morgan fingerprint density at radius 1 is 1.29 bits per heavy atom. The average molecular weight is 383 g/mol. The molecule has 0 bridgehead atoms. The number of benzene rings is 1. The van der Waals surface area contributed by atoms with Gasteiger partial charge in [-0.3, -0.25) is 9.89 Å². The number of likely N-dealkylation sites (tertiary alicyclic amines) is 1. The molecule has 2 aliphatic rings. The SMILES string of the molecule is COc1ccc(C2(C(=O)N3C[C@@H](Cc4cc(C)[nH]n4)[C@H](O)C3)CCCC2)cc1. The molecule has 1 aromatic heterocycles. The smallest absolute Gasteiger partial charge is 0.233 e. The second-order valence-corrected chi connectivity index (χ2v) is 8.30. The highest BCUT2D eigenvalue weighted by Crippen LogP contribution is 2.44. The summed E-state index contributed by atoms with van der Waals surface area (Å²) < 4.78 is 5.27. The van der Waals surface area contributed by atoms with E-state index in [4.69, 9.17) is 4.74 Å². The third kappa shape index (κ3) is 3.41. The van der Waals surface area contributed by atoms with E-state index < -0.39 is 11.5 Å². The number of aliphatic hydroxyl groups excluding tert-OH is 1. The maximum Gasteiger partial charge on any atom is 0.233 e. The summed E-state index contributed by atoms with van der Waals surface area (Å²) in [6, 6.07) is 9.93. The van der Waals surface area contributed by atoms with Gasteiger partial charge in [0.1, 0.15) is 5.75 Å². The van der Waals surface area contributed by atoms with E-state index in [2.05, 4.69) is 10.2 Å². The molecule has 0 radical (unpaired) electrons. The van der Waals surface area contributed by atoms with Crippen molar-refractivity contribution in [3.8, 4) is 5.75 Å². The second kappa shape index (κ2) is 7.59. The molecule has 28 heavy (non-hydrogen) atoms. The topological polar surface area (TPSA) is 78.5 Å². The molecule has 0 spiro atoms. The van der Waals surface area contributed by atoms with Gasteiger partial charge in [-0.05, 0) is 49.9 Å². The first-order valence-electron chi connectivity index (χ1n) is 10.1. The molecular formula is C22H29N3O3. The summed E-state index contributed by atoms with van der Waals surface area (Å²) >= 11 is 0. The molecule has 1 aromatic carbocycles. The number of β-amino-alcohol motifs (C(OH)–C–C–N with tert-alkyl or cyclic N) is 1. The van der Waals surface area contributed by atoms with Crippen LogP contribution in [0.25, 0.3) is 0 Å². The van der Waals surface area contributed by atoms with Gasteiger partial charge >= 0.3 is 0 Å². The normalized spacial score (nSPS) is 23.9. The molecular weight excluding hydrogens is 354 g/mol. The third-order valence-electron chi connectivity index (χ3n) is 6.43. The maximum absolute atomic E-state index is 13.6. The number of aryl methyl sites for hydroxylation is 1. The largest absolute Gasteiger partial charge is 0.497 e. The van der Waals surface area contributed by atoms with E-state index in [0.717, 1.165) is 48.4 Å². The van der Waals surface area contributed by atoms with E-state index in [1.807, 2.05) is 42.2 Å². The molecule has 1 aliphatic carbocycles. The minimum atomic E-state index is -0.504. The number of carbonyl (C=O) groups excluding carboxylic acids is 1. The number of aromatic amines is 1. The monoisotopic (exact) mass is 383 g/mol. The zero-order chi connectivity index (χ0) is 19.7. The Bertz CT molecular complexity index is 824. The summed E-state index contributed by atoms with van der Waals surface area (Å²) in [7, 11) is 1.65. The molecule has 2 aromatic rings. The molecule has 2 atom stereocenters. The Balaban J connectivity index is 1.52. The molecule has 1 amide bonds. The third-order valence-corrected chi connectivity index (χ3v) is 6.43. The highest BCUT2D eigenvalue weighted by atomic mass is 16.5. The number of amides is 1. The van der Waals surface area contributed by atoms with Crippen molar-refractivity contribution in [1.29, 1.82) is 0 Å². The molecule has 1 saturated heterocycles. The molecule has 2 N–H and O–H groups in total. The van der Waals surface area contributed by atoms with Crippen LogP contribution in [0.3, 0.4) is 0 Å². The number of aliphatic hydroxyl groups is 1. The van der Waals surface area contributed by atoms with Crippen LogP contribution in [0, 0.1) is 12.8 Å². The number of nitrogens with zero attached hydrogens (tertiary/aromatic N) is 2. The second-order valence-electron chi connectivity index (χ2n) is 8.30. The van der Waals surface area contributed by atoms with Gasteiger partial charge in [0.2, 0.25) is 5.91 Å². The van der Waals surface area contributed by atoms with Gasteiger partial charge in [-0.1, -0.05) is 25.0 Å². The Hall–Kier alpha value is -2.34. The van der Waals surface area contributed by atoms with Gasteiger partial charge in [0, 0.05) is 24.7 Å². The zero-order valence-corrected chi connectivity index (χ0v) is 16.6.